The van der Waals surface area contributed by atoms with Crippen LogP contribution in [0.5, 0.6) is 0 Å². The Balaban J connectivity index is 2.28. The van der Waals surface area contributed by atoms with Gasteiger partial charge in [-0.1, -0.05) is 0 Å². The molecule has 0 saturated carbocycles. The summed E-state index contributed by atoms with van der Waals surface area (Å²) >= 11 is 2.89. The zero-order valence-corrected chi connectivity index (χ0v) is 13.8. The standard InChI is InChI=1S/C12H11BrClFO5S/c13-9-6-10(15)8(5-11(9)21(14,17)18)12(16)20-7-1-3-19-4-2-7/h5-7H,1-4H2. The number of esters is 1. The quantitative estimate of drug-likeness (QED) is 0.575. The summed E-state index contributed by atoms with van der Waals surface area (Å²) in [5.41, 5.74) is -0.469. The molecule has 0 aliphatic carbocycles. The fourth-order valence-electron chi connectivity index (χ4n) is 1.88. The number of rotatable bonds is 3. The summed E-state index contributed by atoms with van der Waals surface area (Å²) < 4.78 is 46.8. The van der Waals surface area contributed by atoms with Gasteiger partial charge in [-0.25, -0.2) is 17.6 Å². The van der Waals surface area contributed by atoms with E-state index in [1.165, 1.54) is 0 Å². The molecule has 0 spiro atoms. The monoisotopic (exact) mass is 400 g/mol. The minimum atomic E-state index is -4.11. The Morgan fingerprint density at radius 1 is 1.38 bits per heavy atom. The van der Waals surface area contributed by atoms with Crippen LogP contribution in [0, 0.1) is 5.82 Å². The van der Waals surface area contributed by atoms with E-state index in [1.807, 2.05) is 0 Å². The Morgan fingerprint density at radius 2 is 2.00 bits per heavy atom. The normalized spacial score (nSPS) is 16.7. The molecular formula is C12H11BrClFO5S. The van der Waals surface area contributed by atoms with Crippen LogP contribution in [-0.4, -0.2) is 33.7 Å². The Kier molecular flexibility index (Phi) is 5.24. The Morgan fingerprint density at radius 3 is 2.57 bits per heavy atom. The van der Waals surface area contributed by atoms with Gasteiger partial charge in [0.25, 0.3) is 9.05 Å². The summed E-state index contributed by atoms with van der Waals surface area (Å²) in [4.78, 5) is 11.6. The van der Waals surface area contributed by atoms with E-state index >= 15 is 0 Å². The lowest BCUT2D eigenvalue weighted by Crippen LogP contribution is -2.26. The first kappa shape index (κ1) is 16.7. The number of hydrogen-bond acceptors (Lipinski definition) is 5. The molecule has 1 fully saturated rings. The molecule has 21 heavy (non-hydrogen) atoms. The van der Waals surface area contributed by atoms with E-state index < -0.39 is 26.4 Å². The molecule has 1 heterocycles. The number of benzene rings is 1. The van der Waals surface area contributed by atoms with E-state index in [1.54, 1.807) is 0 Å². The van der Waals surface area contributed by atoms with Gasteiger partial charge in [0.15, 0.2) is 0 Å². The first-order valence-electron chi connectivity index (χ1n) is 6.01. The number of ether oxygens (including phenoxy) is 2. The maximum absolute atomic E-state index is 13.8. The van der Waals surface area contributed by atoms with Crippen molar-refractivity contribution in [3.63, 3.8) is 0 Å². The van der Waals surface area contributed by atoms with Gasteiger partial charge >= 0.3 is 5.97 Å². The highest BCUT2D eigenvalue weighted by molar-refractivity contribution is 9.10. The lowest BCUT2D eigenvalue weighted by molar-refractivity contribution is -0.0162. The summed E-state index contributed by atoms with van der Waals surface area (Å²) in [6.07, 6.45) is 0.667. The second-order valence-electron chi connectivity index (χ2n) is 4.42. The third kappa shape index (κ3) is 4.15. The summed E-state index contributed by atoms with van der Waals surface area (Å²) in [5, 5.41) is 0. The predicted molar refractivity (Wildman–Crippen MR) is 76.4 cm³/mol. The van der Waals surface area contributed by atoms with Gasteiger partial charge in [0, 0.05) is 28.0 Å². The smallest absolute Gasteiger partial charge is 0.341 e. The van der Waals surface area contributed by atoms with Crippen molar-refractivity contribution in [1.29, 1.82) is 0 Å². The van der Waals surface area contributed by atoms with Crippen molar-refractivity contribution in [1.82, 2.24) is 0 Å². The highest BCUT2D eigenvalue weighted by Gasteiger charge is 2.25. The molecule has 0 bridgehead atoms. The Bertz CT molecular complexity index is 658. The van der Waals surface area contributed by atoms with Gasteiger partial charge in [-0.05, 0) is 28.1 Å². The number of hydrogen-bond donors (Lipinski definition) is 0. The van der Waals surface area contributed by atoms with Crippen LogP contribution in [-0.2, 0) is 18.5 Å². The summed E-state index contributed by atoms with van der Waals surface area (Å²) in [5.74, 6) is -1.81. The maximum atomic E-state index is 13.8. The van der Waals surface area contributed by atoms with Crippen molar-refractivity contribution < 1.29 is 27.1 Å². The number of carbonyl (C=O) groups is 1. The number of halogens is 3. The van der Waals surface area contributed by atoms with Crippen molar-refractivity contribution in [3.05, 3.63) is 28.0 Å². The number of carbonyl (C=O) groups excluding carboxylic acids is 1. The zero-order chi connectivity index (χ0) is 15.6. The van der Waals surface area contributed by atoms with Gasteiger partial charge in [0.05, 0.1) is 23.7 Å². The van der Waals surface area contributed by atoms with Gasteiger partial charge in [-0.3, -0.25) is 0 Å². The van der Waals surface area contributed by atoms with E-state index in [0.717, 1.165) is 12.1 Å². The lowest BCUT2D eigenvalue weighted by atomic mass is 10.1. The van der Waals surface area contributed by atoms with E-state index in [4.69, 9.17) is 20.2 Å². The molecule has 0 aromatic heterocycles. The Labute approximate surface area is 133 Å². The van der Waals surface area contributed by atoms with Crippen molar-refractivity contribution in [2.75, 3.05) is 13.2 Å². The van der Waals surface area contributed by atoms with Crippen LogP contribution in [0.4, 0.5) is 4.39 Å². The van der Waals surface area contributed by atoms with Crippen molar-refractivity contribution in [3.8, 4) is 0 Å². The first-order chi connectivity index (χ1) is 9.79. The highest BCUT2D eigenvalue weighted by atomic mass is 79.9. The van der Waals surface area contributed by atoms with Crippen LogP contribution in [0.1, 0.15) is 23.2 Å². The first-order valence-corrected chi connectivity index (χ1v) is 9.11. The molecule has 1 aromatic rings. The molecule has 0 unspecified atom stereocenters. The van der Waals surface area contributed by atoms with E-state index in [2.05, 4.69) is 15.9 Å². The second kappa shape index (κ2) is 6.60. The average Bonchev–Trinajstić information content (AvgIpc) is 2.38. The molecule has 1 saturated heterocycles. The molecule has 1 aliphatic heterocycles. The maximum Gasteiger partial charge on any atom is 0.341 e. The van der Waals surface area contributed by atoms with Crippen LogP contribution in [0.2, 0.25) is 0 Å². The van der Waals surface area contributed by atoms with Gasteiger partial charge < -0.3 is 9.47 Å². The largest absolute Gasteiger partial charge is 0.459 e. The molecule has 0 atom stereocenters. The molecular weight excluding hydrogens is 391 g/mol. The van der Waals surface area contributed by atoms with E-state index in [9.17, 15) is 17.6 Å². The van der Waals surface area contributed by atoms with Crippen LogP contribution in [0.15, 0.2) is 21.5 Å². The molecule has 1 aromatic carbocycles. The lowest BCUT2D eigenvalue weighted by Gasteiger charge is -2.22. The zero-order valence-electron chi connectivity index (χ0n) is 10.6. The van der Waals surface area contributed by atoms with Gasteiger partial charge in [-0.15, -0.1) is 0 Å². The minimum Gasteiger partial charge on any atom is -0.459 e. The van der Waals surface area contributed by atoms with Crippen LogP contribution < -0.4 is 0 Å². The van der Waals surface area contributed by atoms with Crippen molar-refractivity contribution >= 4 is 41.6 Å². The van der Waals surface area contributed by atoms with Gasteiger partial charge in [0.1, 0.15) is 11.9 Å². The van der Waals surface area contributed by atoms with E-state index in [-0.39, 0.29) is 15.5 Å². The summed E-state index contributed by atoms with van der Waals surface area (Å²) in [7, 11) is 1.13. The molecule has 5 nitrogen and oxygen atoms in total. The SMILES string of the molecule is O=C(OC1CCOCC1)c1cc(S(=O)(=O)Cl)c(Br)cc1F. The summed E-state index contributed by atoms with van der Waals surface area (Å²) in [6, 6.07) is 1.74. The third-order valence-corrected chi connectivity index (χ3v) is 5.23. The van der Waals surface area contributed by atoms with Gasteiger partial charge in [-0.2, -0.15) is 0 Å². The molecule has 2 rings (SSSR count). The fourth-order valence-corrected chi connectivity index (χ4v) is 4.05. The fraction of sp³-hybridized carbons (Fsp3) is 0.417. The molecule has 0 N–H and O–H groups in total. The Hall–Kier alpha value is -0.700. The average molecular weight is 402 g/mol. The van der Waals surface area contributed by atoms with Crippen LogP contribution >= 0.6 is 26.6 Å². The molecule has 116 valence electrons. The molecule has 0 amide bonds. The molecule has 0 radical (unpaired) electrons. The topological polar surface area (TPSA) is 69.7 Å². The molecule has 1 aliphatic rings. The van der Waals surface area contributed by atoms with Crippen LogP contribution in [0.25, 0.3) is 0 Å². The highest BCUT2D eigenvalue weighted by Crippen LogP contribution is 2.29. The van der Waals surface area contributed by atoms with Crippen molar-refractivity contribution in [2.24, 2.45) is 0 Å². The third-order valence-electron chi connectivity index (χ3n) is 2.95. The second-order valence-corrected chi connectivity index (χ2v) is 7.81. The molecule has 9 heteroatoms. The van der Waals surface area contributed by atoms with Crippen molar-refractivity contribution in [2.45, 2.75) is 23.8 Å². The van der Waals surface area contributed by atoms with Crippen LogP contribution in [0.3, 0.4) is 0 Å². The van der Waals surface area contributed by atoms with E-state index in [0.29, 0.717) is 26.1 Å². The van der Waals surface area contributed by atoms with Gasteiger partial charge in [0.2, 0.25) is 0 Å². The minimum absolute atomic E-state index is 0.0578. The predicted octanol–water partition coefficient (Wildman–Crippen LogP) is 2.85. The summed E-state index contributed by atoms with van der Waals surface area (Å²) in [6.45, 7) is 0.921.